The van der Waals surface area contributed by atoms with Crippen molar-refractivity contribution >= 4 is 23.6 Å². The van der Waals surface area contributed by atoms with E-state index in [-0.39, 0.29) is 5.82 Å². The number of hydrogen-bond acceptors (Lipinski definition) is 6. The summed E-state index contributed by atoms with van der Waals surface area (Å²) in [5.74, 6) is 1.74. The molecule has 1 aromatic carbocycles. The van der Waals surface area contributed by atoms with Gasteiger partial charge in [-0.05, 0) is 63.1 Å². The maximum atomic E-state index is 13.4. The average Bonchev–Trinajstić information content (AvgIpc) is 3.46. The first kappa shape index (κ1) is 19.3. The van der Waals surface area contributed by atoms with Crippen LogP contribution in [0.1, 0.15) is 35.9 Å². The van der Waals surface area contributed by atoms with Gasteiger partial charge in [-0.15, -0.1) is 5.10 Å². The van der Waals surface area contributed by atoms with Gasteiger partial charge in [0.1, 0.15) is 11.6 Å². The average molecular weight is 415 g/mol. The number of nitrogens with zero attached hydrogens (tertiary/aromatic N) is 7. The Balaban J connectivity index is 1.54. The summed E-state index contributed by atoms with van der Waals surface area (Å²) in [5.41, 5.74) is 4.08. The Hall–Kier alpha value is -3.68. The third kappa shape index (κ3) is 3.88. The lowest BCUT2D eigenvalue weighted by Crippen LogP contribution is -2.19. The standard InChI is InChI=1S/C23H22FN7/c1-15-14-25-16(2)23-28-21(29-31(15)23)10-9-20-26-19(17-5-7-18(24)8-6-17)13-22(27-20)30-11-3-4-12-30/h5-10,13-14H,3-4,11-12H2,1-2H3/b10-9+. The number of benzene rings is 1. The lowest BCUT2D eigenvalue weighted by atomic mass is 10.1. The Kier molecular flexibility index (Phi) is 4.89. The minimum Gasteiger partial charge on any atom is -0.356 e. The maximum Gasteiger partial charge on any atom is 0.177 e. The maximum absolute atomic E-state index is 13.4. The van der Waals surface area contributed by atoms with Crippen molar-refractivity contribution in [2.75, 3.05) is 18.0 Å². The molecule has 7 nitrogen and oxygen atoms in total. The van der Waals surface area contributed by atoms with Gasteiger partial charge in [-0.2, -0.15) is 0 Å². The number of aryl methyl sites for hydroxylation is 2. The summed E-state index contributed by atoms with van der Waals surface area (Å²) < 4.78 is 15.2. The molecule has 3 aromatic heterocycles. The number of hydrogen-bond donors (Lipinski definition) is 0. The van der Waals surface area contributed by atoms with Crippen LogP contribution in [-0.2, 0) is 0 Å². The molecule has 8 heteroatoms. The lowest BCUT2D eigenvalue weighted by molar-refractivity contribution is 0.628. The summed E-state index contributed by atoms with van der Waals surface area (Å²) in [6, 6.07) is 8.34. The van der Waals surface area contributed by atoms with Crippen LogP contribution in [0.2, 0.25) is 0 Å². The smallest absolute Gasteiger partial charge is 0.177 e. The molecule has 0 bridgehead atoms. The molecule has 0 aliphatic carbocycles. The third-order valence-electron chi connectivity index (χ3n) is 5.41. The van der Waals surface area contributed by atoms with E-state index >= 15 is 0 Å². The zero-order chi connectivity index (χ0) is 21.4. The molecule has 4 aromatic rings. The second kappa shape index (κ2) is 7.86. The molecule has 1 saturated heterocycles. The first-order valence-corrected chi connectivity index (χ1v) is 10.3. The molecule has 156 valence electrons. The molecular formula is C23H22FN7. The van der Waals surface area contributed by atoms with Crippen molar-refractivity contribution in [3.63, 3.8) is 0 Å². The molecule has 0 spiro atoms. The molecule has 0 atom stereocenters. The minimum absolute atomic E-state index is 0.268. The molecule has 0 N–H and O–H groups in total. The molecule has 0 unspecified atom stereocenters. The zero-order valence-corrected chi connectivity index (χ0v) is 17.5. The Bertz CT molecular complexity index is 1230. The molecule has 0 saturated carbocycles. The largest absolute Gasteiger partial charge is 0.356 e. The van der Waals surface area contributed by atoms with Crippen LogP contribution in [0.25, 0.3) is 29.1 Å². The first-order chi connectivity index (χ1) is 15.1. The van der Waals surface area contributed by atoms with E-state index in [4.69, 9.17) is 4.98 Å². The van der Waals surface area contributed by atoms with Gasteiger partial charge in [0.25, 0.3) is 0 Å². The van der Waals surface area contributed by atoms with Crippen molar-refractivity contribution in [1.29, 1.82) is 0 Å². The summed E-state index contributed by atoms with van der Waals surface area (Å²) in [7, 11) is 0. The Morgan fingerprint density at radius 2 is 1.68 bits per heavy atom. The summed E-state index contributed by atoms with van der Waals surface area (Å²) in [6.07, 6.45) is 7.71. The molecule has 1 aliphatic rings. The summed E-state index contributed by atoms with van der Waals surface area (Å²) >= 11 is 0. The Labute approximate surface area is 179 Å². The fourth-order valence-electron chi connectivity index (χ4n) is 3.73. The van der Waals surface area contributed by atoms with Crippen LogP contribution in [0.15, 0.2) is 36.5 Å². The molecule has 1 aliphatic heterocycles. The third-order valence-corrected chi connectivity index (χ3v) is 5.41. The van der Waals surface area contributed by atoms with E-state index < -0.39 is 0 Å². The number of fused-ring (bicyclic) bond motifs is 1. The highest BCUT2D eigenvalue weighted by atomic mass is 19.1. The van der Waals surface area contributed by atoms with Crippen LogP contribution in [0.3, 0.4) is 0 Å². The van der Waals surface area contributed by atoms with Crippen LogP contribution in [-0.4, -0.2) is 42.6 Å². The van der Waals surface area contributed by atoms with Gasteiger partial charge < -0.3 is 4.90 Å². The second-order valence-corrected chi connectivity index (χ2v) is 7.69. The van der Waals surface area contributed by atoms with E-state index in [0.717, 1.165) is 60.0 Å². The molecule has 4 heterocycles. The van der Waals surface area contributed by atoms with Gasteiger partial charge in [-0.3, -0.25) is 4.98 Å². The highest BCUT2D eigenvalue weighted by Crippen LogP contribution is 2.25. The van der Waals surface area contributed by atoms with E-state index in [9.17, 15) is 4.39 Å². The van der Waals surface area contributed by atoms with Crippen LogP contribution in [0.5, 0.6) is 0 Å². The van der Waals surface area contributed by atoms with E-state index in [1.807, 2.05) is 32.1 Å². The minimum atomic E-state index is -0.268. The van der Waals surface area contributed by atoms with E-state index in [1.165, 1.54) is 12.1 Å². The van der Waals surface area contributed by atoms with Crippen molar-refractivity contribution in [2.24, 2.45) is 0 Å². The Morgan fingerprint density at radius 3 is 2.42 bits per heavy atom. The normalized spacial score (nSPS) is 14.2. The highest BCUT2D eigenvalue weighted by Gasteiger charge is 2.16. The zero-order valence-electron chi connectivity index (χ0n) is 17.5. The molecule has 5 rings (SSSR count). The van der Waals surface area contributed by atoms with Crippen LogP contribution in [0.4, 0.5) is 10.2 Å². The SMILES string of the molecule is Cc1ncc(C)n2nc(/C=C/c3nc(-c4ccc(F)cc4)cc(N4CCCC4)n3)nc12. The van der Waals surface area contributed by atoms with Gasteiger partial charge in [-0.1, -0.05) is 0 Å². The predicted octanol–water partition coefficient (Wildman–Crippen LogP) is 4.11. The van der Waals surface area contributed by atoms with Gasteiger partial charge in [0.15, 0.2) is 17.3 Å². The van der Waals surface area contributed by atoms with Crippen LogP contribution >= 0.6 is 0 Å². The van der Waals surface area contributed by atoms with Gasteiger partial charge in [0.05, 0.1) is 17.1 Å². The molecule has 0 radical (unpaired) electrons. The molecule has 0 amide bonds. The lowest BCUT2D eigenvalue weighted by Gasteiger charge is -2.17. The second-order valence-electron chi connectivity index (χ2n) is 7.69. The van der Waals surface area contributed by atoms with Gasteiger partial charge in [0.2, 0.25) is 0 Å². The van der Waals surface area contributed by atoms with Gasteiger partial charge >= 0.3 is 0 Å². The summed E-state index contributed by atoms with van der Waals surface area (Å²) in [6.45, 7) is 5.80. The number of halogens is 1. The fraction of sp³-hybridized carbons (Fsp3) is 0.261. The van der Waals surface area contributed by atoms with Gasteiger partial charge in [-0.25, -0.2) is 23.9 Å². The van der Waals surface area contributed by atoms with E-state index in [0.29, 0.717) is 11.6 Å². The first-order valence-electron chi connectivity index (χ1n) is 10.3. The summed E-state index contributed by atoms with van der Waals surface area (Å²) in [5, 5.41) is 4.55. The molecule has 31 heavy (non-hydrogen) atoms. The van der Waals surface area contributed by atoms with Crippen molar-refractivity contribution in [3.8, 4) is 11.3 Å². The van der Waals surface area contributed by atoms with Gasteiger partial charge in [0, 0.05) is 30.9 Å². The van der Waals surface area contributed by atoms with Crippen molar-refractivity contribution < 1.29 is 4.39 Å². The van der Waals surface area contributed by atoms with E-state index in [1.54, 1.807) is 22.8 Å². The van der Waals surface area contributed by atoms with Crippen molar-refractivity contribution in [3.05, 3.63) is 65.4 Å². The quantitative estimate of drug-likeness (QED) is 0.500. The van der Waals surface area contributed by atoms with Crippen molar-refractivity contribution in [2.45, 2.75) is 26.7 Å². The summed E-state index contributed by atoms with van der Waals surface area (Å²) in [4.78, 5) is 20.6. The van der Waals surface area contributed by atoms with Crippen LogP contribution < -0.4 is 4.90 Å². The number of aromatic nitrogens is 6. The highest BCUT2D eigenvalue weighted by molar-refractivity contribution is 5.69. The number of anilines is 1. The topological polar surface area (TPSA) is 72.1 Å². The van der Waals surface area contributed by atoms with Crippen LogP contribution in [0, 0.1) is 19.7 Å². The fourth-order valence-corrected chi connectivity index (χ4v) is 3.73. The number of rotatable bonds is 4. The Morgan fingerprint density at radius 1 is 0.935 bits per heavy atom. The molecule has 1 fully saturated rings. The van der Waals surface area contributed by atoms with E-state index in [2.05, 4.69) is 25.0 Å². The predicted molar refractivity (Wildman–Crippen MR) is 118 cm³/mol. The monoisotopic (exact) mass is 415 g/mol. The van der Waals surface area contributed by atoms with Crippen molar-refractivity contribution in [1.82, 2.24) is 29.5 Å². The molecular weight excluding hydrogens is 393 g/mol.